The molecule has 0 aliphatic heterocycles. The van der Waals surface area contributed by atoms with Gasteiger partial charge in [0.25, 0.3) is 5.91 Å². The summed E-state index contributed by atoms with van der Waals surface area (Å²) in [5.74, 6) is -1.51. The Morgan fingerprint density at radius 2 is 1.69 bits per heavy atom. The number of thiophene rings is 1. The first-order chi connectivity index (χ1) is 15.5. The molecule has 8 heteroatoms. The minimum Gasteiger partial charge on any atom is -0.465 e. The van der Waals surface area contributed by atoms with Crippen LogP contribution in [0.4, 0.5) is 10.7 Å². The lowest BCUT2D eigenvalue weighted by Crippen LogP contribution is -2.22. The summed E-state index contributed by atoms with van der Waals surface area (Å²) >= 11 is 1.41. The van der Waals surface area contributed by atoms with E-state index in [1.807, 2.05) is 12.1 Å². The molecule has 0 unspecified atom stereocenters. The highest BCUT2D eigenvalue weighted by atomic mass is 32.1. The van der Waals surface area contributed by atoms with Gasteiger partial charge in [-0.15, -0.1) is 11.3 Å². The van der Waals surface area contributed by atoms with Gasteiger partial charge in [-0.05, 0) is 69.4 Å². The molecule has 1 aromatic carbocycles. The molecule has 1 amide bonds. The maximum atomic E-state index is 12.5. The molecular weight excluding hydrogens is 428 g/mol. The average Bonchev–Trinajstić information content (AvgIpc) is 2.98. The Morgan fingerprint density at radius 3 is 2.34 bits per heavy atom. The van der Waals surface area contributed by atoms with Crippen LogP contribution in [0.3, 0.4) is 0 Å². The number of nitrogens with one attached hydrogen (secondary N) is 1. The van der Waals surface area contributed by atoms with Crippen molar-refractivity contribution in [2.75, 3.05) is 37.0 Å². The lowest BCUT2D eigenvalue weighted by molar-refractivity contribution is -0.119. The second kappa shape index (κ2) is 11.1. The molecule has 0 saturated heterocycles. The molecule has 3 rings (SSSR count). The summed E-state index contributed by atoms with van der Waals surface area (Å²) in [7, 11) is 1.34. The van der Waals surface area contributed by atoms with Gasteiger partial charge in [0.1, 0.15) is 5.00 Å². The Morgan fingerprint density at radius 1 is 1.00 bits per heavy atom. The zero-order chi connectivity index (χ0) is 23.1. The smallest absolute Gasteiger partial charge is 0.341 e. The van der Waals surface area contributed by atoms with Gasteiger partial charge in [0.15, 0.2) is 6.61 Å². The van der Waals surface area contributed by atoms with E-state index in [0.717, 1.165) is 61.3 Å². The minimum atomic E-state index is -0.568. The molecule has 0 saturated carbocycles. The van der Waals surface area contributed by atoms with E-state index in [1.54, 1.807) is 12.1 Å². The topological polar surface area (TPSA) is 84.9 Å². The normalized spacial score (nSPS) is 13.0. The third-order valence-corrected chi connectivity index (χ3v) is 6.84. The molecule has 172 valence electrons. The average molecular weight is 459 g/mol. The van der Waals surface area contributed by atoms with Gasteiger partial charge in [-0.3, -0.25) is 4.79 Å². The fourth-order valence-corrected chi connectivity index (χ4v) is 5.22. The zero-order valence-electron chi connectivity index (χ0n) is 18.9. The van der Waals surface area contributed by atoms with Crippen molar-refractivity contribution in [3.63, 3.8) is 0 Å². The molecule has 7 nitrogen and oxygen atoms in total. The van der Waals surface area contributed by atoms with E-state index in [1.165, 1.54) is 18.4 Å². The fraction of sp³-hybridized carbons (Fsp3) is 0.458. The summed E-state index contributed by atoms with van der Waals surface area (Å²) in [5.41, 5.74) is 2.81. The second-order valence-corrected chi connectivity index (χ2v) is 8.71. The Bertz CT molecular complexity index is 964. The first-order valence-electron chi connectivity index (χ1n) is 11.0. The van der Waals surface area contributed by atoms with Crippen molar-refractivity contribution in [1.82, 2.24) is 0 Å². The van der Waals surface area contributed by atoms with Gasteiger partial charge in [-0.1, -0.05) is 6.42 Å². The number of carbonyl (C=O) groups is 3. The highest BCUT2D eigenvalue weighted by molar-refractivity contribution is 7.17. The van der Waals surface area contributed by atoms with Crippen molar-refractivity contribution in [3.8, 4) is 0 Å². The van der Waals surface area contributed by atoms with Crippen molar-refractivity contribution in [2.45, 2.75) is 46.0 Å². The third kappa shape index (κ3) is 5.48. The van der Waals surface area contributed by atoms with E-state index in [9.17, 15) is 14.4 Å². The van der Waals surface area contributed by atoms with E-state index in [2.05, 4.69) is 24.1 Å². The summed E-state index contributed by atoms with van der Waals surface area (Å²) in [6.07, 6.45) is 4.87. The Labute approximate surface area is 192 Å². The molecule has 0 atom stereocenters. The molecule has 2 aromatic rings. The van der Waals surface area contributed by atoms with E-state index >= 15 is 0 Å². The van der Waals surface area contributed by atoms with Gasteiger partial charge in [-0.2, -0.15) is 0 Å². The fourth-order valence-electron chi connectivity index (χ4n) is 3.92. The summed E-state index contributed by atoms with van der Waals surface area (Å²) in [6.45, 7) is 5.46. The van der Waals surface area contributed by atoms with Crippen LogP contribution in [0.5, 0.6) is 0 Å². The van der Waals surface area contributed by atoms with Crippen LogP contribution in [0.25, 0.3) is 0 Å². The van der Waals surface area contributed by atoms with Crippen LogP contribution in [-0.2, 0) is 27.1 Å². The van der Waals surface area contributed by atoms with E-state index < -0.39 is 24.5 Å². The molecule has 32 heavy (non-hydrogen) atoms. The number of nitrogens with zero attached hydrogens (tertiary/aromatic N) is 1. The van der Waals surface area contributed by atoms with Gasteiger partial charge in [0, 0.05) is 23.7 Å². The SMILES string of the molecule is CCN(CC)c1ccc(C(=O)OCC(=O)Nc2sc3c(c2C(=O)OC)CCCCC3)cc1. The molecular formula is C24H30N2O5S. The number of rotatable bonds is 8. The van der Waals surface area contributed by atoms with Gasteiger partial charge >= 0.3 is 11.9 Å². The predicted molar refractivity (Wildman–Crippen MR) is 126 cm³/mol. The molecule has 1 aromatic heterocycles. The summed E-state index contributed by atoms with van der Waals surface area (Å²) in [6, 6.07) is 7.12. The first kappa shape index (κ1) is 23.8. The molecule has 1 aliphatic carbocycles. The van der Waals surface area contributed by atoms with Crippen LogP contribution in [-0.4, -0.2) is 44.7 Å². The largest absolute Gasteiger partial charge is 0.465 e. The number of hydrogen-bond acceptors (Lipinski definition) is 7. The Hall–Kier alpha value is -2.87. The number of aryl methyl sites for hydroxylation is 1. The zero-order valence-corrected chi connectivity index (χ0v) is 19.7. The number of esters is 2. The summed E-state index contributed by atoms with van der Waals surface area (Å²) < 4.78 is 10.1. The predicted octanol–water partition coefficient (Wildman–Crippen LogP) is 4.45. The van der Waals surface area contributed by atoms with Crippen LogP contribution in [0.2, 0.25) is 0 Å². The number of ether oxygens (including phenoxy) is 2. The molecule has 1 aliphatic rings. The lowest BCUT2D eigenvalue weighted by atomic mass is 10.1. The summed E-state index contributed by atoms with van der Waals surface area (Å²) in [4.78, 5) is 40.5. The van der Waals surface area contributed by atoms with Crippen molar-refractivity contribution in [1.29, 1.82) is 0 Å². The van der Waals surface area contributed by atoms with Gasteiger partial charge in [0.05, 0.1) is 18.2 Å². The molecule has 1 heterocycles. The second-order valence-electron chi connectivity index (χ2n) is 7.60. The van der Waals surface area contributed by atoms with Crippen molar-refractivity contribution in [3.05, 3.63) is 45.8 Å². The van der Waals surface area contributed by atoms with Crippen LogP contribution in [0.15, 0.2) is 24.3 Å². The number of anilines is 2. The maximum absolute atomic E-state index is 12.5. The Kier molecular flexibility index (Phi) is 8.27. The highest BCUT2D eigenvalue weighted by Gasteiger charge is 2.26. The van der Waals surface area contributed by atoms with Gasteiger partial charge < -0.3 is 19.7 Å². The number of benzene rings is 1. The van der Waals surface area contributed by atoms with Gasteiger partial charge in [-0.25, -0.2) is 9.59 Å². The number of fused-ring (bicyclic) bond motifs is 1. The number of amides is 1. The standard InChI is InChI=1S/C24H30N2O5S/c1-4-26(5-2)17-13-11-16(12-14-17)23(28)31-15-20(27)25-22-21(24(29)30-3)18-9-7-6-8-10-19(18)32-22/h11-14H,4-10,15H2,1-3H3,(H,25,27). The van der Waals surface area contributed by atoms with Crippen molar-refractivity contribution >= 4 is 39.9 Å². The number of hydrogen-bond donors (Lipinski definition) is 1. The Balaban J connectivity index is 1.63. The van der Waals surface area contributed by atoms with Crippen molar-refractivity contribution in [2.24, 2.45) is 0 Å². The molecule has 1 N–H and O–H groups in total. The highest BCUT2D eigenvalue weighted by Crippen LogP contribution is 2.37. The van der Waals surface area contributed by atoms with E-state index in [0.29, 0.717) is 16.1 Å². The lowest BCUT2D eigenvalue weighted by Gasteiger charge is -2.20. The summed E-state index contributed by atoms with van der Waals surface area (Å²) in [5, 5.41) is 3.21. The van der Waals surface area contributed by atoms with E-state index in [4.69, 9.17) is 9.47 Å². The van der Waals surface area contributed by atoms with Crippen molar-refractivity contribution < 1.29 is 23.9 Å². The third-order valence-electron chi connectivity index (χ3n) is 5.63. The van der Waals surface area contributed by atoms with Crippen LogP contribution < -0.4 is 10.2 Å². The van der Waals surface area contributed by atoms with E-state index in [-0.39, 0.29) is 0 Å². The molecule has 0 spiro atoms. The van der Waals surface area contributed by atoms with Crippen LogP contribution in [0, 0.1) is 0 Å². The first-order valence-corrected chi connectivity index (χ1v) is 11.8. The maximum Gasteiger partial charge on any atom is 0.341 e. The molecule has 0 fully saturated rings. The quantitative estimate of drug-likeness (QED) is 0.465. The number of methoxy groups -OCH3 is 1. The molecule has 0 radical (unpaired) electrons. The van der Waals surface area contributed by atoms with Crippen LogP contribution >= 0.6 is 11.3 Å². The van der Waals surface area contributed by atoms with Gasteiger partial charge in [0.2, 0.25) is 0 Å². The van der Waals surface area contributed by atoms with Crippen LogP contribution in [0.1, 0.15) is 64.3 Å². The minimum absolute atomic E-state index is 0.381. The number of carbonyl (C=O) groups excluding carboxylic acids is 3. The monoisotopic (exact) mass is 458 g/mol. The molecule has 0 bridgehead atoms.